The van der Waals surface area contributed by atoms with Gasteiger partial charge in [-0.3, -0.25) is 4.79 Å². The molecule has 0 atom stereocenters. The predicted molar refractivity (Wildman–Crippen MR) is 42.6 cm³/mol. The highest BCUT2D eigenvalue weighted by Gasteiger charge is 2.66. The molecule has 0 aliphatic rings. The van der Waals surface area contributed by atoms with Gasteiger partial charge in [-0.2, -0.15) is 0 Å². The van der Waals surface area contributed by atoms with E-state index in [1.165, 1.54) is 0 Å². The van der Waals surface area contributed by atoms with E-state index in [0.29, 0.717) is 6.07 Å². The summed E-state index contributed by atoms with van der Waals surface area (Å²) in [7, 11) is -9.76. The normalized spacial score (nSPS) is 16.9. The lowest BCUT2D eigenvalue weighted by atomic mass is 10.2. The maximum absolute atomic E-state index is 12.2. The van der Waals surface area contributed by atoms with Crippen LogP contribution in [0.15, 0.2) is 29.2 Å². The van der Waals surface area contributed by atoms with Crippen LogP contribution < -0.4 is 0 Å². The zero-order valence-corrected chi connectivity index (χ0v) is 7.33. The predicted octanol–water partition coefficient (Wildman–Crippen LogP) is 3.80. The number of benzene rings is 1. The molecule has 0 fully saturated rings. The molecule has 0 heterocycles. The Morgan fingerprint density at radius 1 is 1.00 bits per heavy atom. The summed E-state index contributed by atoms with van der Waals surface area (Å²) in [4.78, 5) is 7.83. The molecule has 1 rings (SSSR count). The number of halogens is 5. The number of hydrogen-bond acceptors (Lipinski definition) is 1. The monoisotopic (exact) mass is 231 g/mol. The zero-order chi connectivity index (χ0) is 11.1. The molecule has 79 valence electrons. The molecule has 0 bridgehead atoms. The van der Waals surface area contributed by atoms with Crippen LogP contribution in [-0.2, 0) is 4.79 Å². The van der Waals surface area contributed by atoms with Gasteiger partial charge in [-0.05, 0) is 12.1 Å². The lowest BCUT2D eigenvalue weighted by Gasteiger charge is -2.41. The summed E-state index contributed by atoms with van der Waals surface area (Å²) < 4.78 is 61.1. The Hall–Kier alpha value is -1.11. The number of hydrogen-bond donors (Lipinski definition) is 0. The van der Waals surface area contributed by atoms with Crippen molar-refractivity contribution >= 4 is 16.5 Å². The second-order valence-corrected chi connectivity index (χ2v) is 4.94. The summed E-state index contributed by atoms with van der Waals surface area (Å²) in [5.41, 5.74) is -1.17. The summed E-state index contributed by atoms with van der Waals surface area (Å²) in [6, 6.07) is 2.64. The molecule has 0 unspecified atom stereocenters. The van der Waals surface area contributed by atoms with E-state index < -0.39 is 20.7 Å². The summed E-state index contributed by atoms with van der Waals surface area (Å²) in [6.45, 7) is 0. The first-order valence-corrected chi connectivity index (χ1v) is 5.21. The molecule has 7 heteroatoms. The molecular formula is C7H4F5OS. The molecule has 0 amide bonds. The van der Waals surface area contributed by atoms with Gasteiger partial charge in [0.15, 0.2) is 0 Å². The molecule has 0 spiro atoms. The first-order valence-electron chi connectivity index (χ1n) is 3.26. The van der Waals surface area contributed by atoms with Crippen molar-refractivity contribution in [2.75, 3.05) is 0 Å². The van der Waals surface area contributed by atoms with Crippen LogP contribution in [0.4, 0.5) is 19.4 Å². The molecule has 0 aliphatic heterocycles. The third-order valence-electron chi connectivity index (χ3n) is 1.41. The Morgan fingerprint density at radius 2 is 1.50 bits per heavy atom. The molecule has 14 heavy (non-hydrogen) atoms. The molecule has 1 nitrogen and oxygen atoms in total. The van der Waals surface area contributed by atoms with E-state index in [9.17, 15) is 24.2 Å². The molecule has 1 aromatic carbocycles. The Bertz CT molecular complexity index is 381. The molecule has 0 saturated heterocycles. The highest BCUT2D eigenvalue weighted by atomic mass is 32.5. The topological polar surface area (TPSA) is 17.1 Å². The van der Waals surface area contributed by atoms with Gasteiger partial charge in [0.1, 0.15) is 4.90 Å². The smallest absolute Gasteiger partial charge is 0.285 e. The van der Waals surface area contributed by atoms with E-state index in [4.69, 9.17) is 0 Å². The first-order chi connectivity index (χ1) is 6.04. The van der Waals surface area contributed by atoms with Crippen molar-refractivity contribution in [1.29, 1.82) is 0 Å². The molecule has 1 aromatic rings. The van der Waals surface area contributed by atoms with Crippen molar-refractivity contribution in [3.8, 4) is 0 Å². The minimum Gasteiger partial charge on any atom is -0.285 e. The van der Waals surface area contributed by atoms with Gasteiger partial charge in [-0.25, -0.2) is 0 Å². The van der Waals surface area contributed by atoms with Gasteiger partial charge in [-0.1, -0.05) is 31.6 Å². The van der Waals surface area contributed by atoms with E-state index in [2.05, 4.69) is 0 Å². The van der Waals surface area contributed by atoms with Gasteiger partial charge in [0.25, 0.3) is 0 Å². The SMILES string of the molecule is O=[C]c1ccccc1S(F)(F)(F)(F)F. The van der Waals surface area contributed by atoms with Crippen LogP contribution >= 0.6 is 10.2 Å². The standard InChI is InChI=1S/C7H4F5OS/c8-14(9,10,11,12)7-4-2-1-3-6(7)5-13/h1-4H. The average molecular weight is 231 g/mol. The fourth-order valence-electron chi connectivity index (χ4n) is 0.887. The molecule has 0 aliphatic carbocycles. The van der Waals surface area contributed by atoms with Crippen molar-refractivity contribution in [1.82, 2.24) is 0 Å². The van der Waals surface area contributed by atoms with Gasteiger partial charge >= 0.3 is 10.2 Å². The van der Waals surface area contributed by atoms with Crippen LogP contribution in [0.2, 0.25) is 0 Å². The van der Waals surface area contributed by atoms with Crippen LogP contribution in [0.25, 0.3) is 0 Å². The van der Waals surface area contributed by atoms with E-state index in [1.807, 2.05) is 0 Å². The van der Waals surface area contributed by atoms with Crippen molar-refractivity contribution < 1.29 is 24.2 Å². The lowest BCUT2D eigenvalue weighted by molar-refractivity contribution is 0.363. The van der Waals surface area contributed by atoms with E-state index >= 15 is 0 Å². The van der Waals surface area contributed by atoms with E-state index in [0.717, 1.165) is 18.4 Å². The maximum Gasteiger partial charge on any atom is 0.311 e. The fourth-order valence-corrected chi connectivity index (χ4v) is 1.75. The highest BCUT2D eigenvalue weighted by molar-refractivity contribution is 8.45. The number of rotatable bonds is 2. The van der Waals surface area contributed by atoms with Crippen LogP contribution in [0, 0.1) is 0 Å². The van der Waals surface area contributed by atoms with Crippen LogP contribution in [0.3, 0.4) is 0 Å². The molecule has 1 radical (unpaired) electrons. The minimum absolute atomic E-state index is 0.168. The van der Waals surface area contributed by atoms with Crippen LogP contribution in [-0.4, -0.2) is 6.29 Å². The summed E-state index contributed by atoms with van der Waals surface area (Å²) in [6.07, 6.45) is 0.832. The molecular weight excluding hydrogens is 227 g/mol. The Morgan fingerprint density at radius 3 is 1.86 bits per heavy atom. The minimum atomic E-state index is -9.76. The third kappa shape index (κ3) is 2.22. The van der Waals surface area contributed by atoms with Crippen molar-refractivity contribution in [2.45, 2.75) is 4.90 Å². The summed E-state index contributed by atoms with van der Waals surface area (Å²) in [5, 5.41) is 0. The Balaban J connectivity index is 3.57. The quantitative estimate of drug-likeness (QED) is 0.707. The van der Waals surface area contributed by atoms with Gasteiger partial charge in [0, 0.05) is 5.56 Å². The van der Waals surface area contributed by atoms with Crippen molar-refractivity contribution in [3.05, 3.63) is 29.8 Å². The number of carbonyl (C=O) groups excluding carboxylic acids is 1. The lowest BCUT2D eigenvalue weighted by Crippen LogP contribution is -2.08. The van der Waals surface area contributed by atoms with Gasteiger partial charge in [0.2, 0.25) is 6.29 Å². The van der Waals surface area contributed by atoms with E-state index in [1.54, 1.807) is 0 Å². The molecule has 0 N–H and O–H groups in total. The van der Waals surface area contributed by atoms with Gasteiger partial charge in [-0.15, -0.1) is 0 Å². The zero-order valence-electron chi connectivity index (χ0n) is 6.52. The second kappa shape index (κ2) is 2.28. The summed E-state index contributed by atoms with van der Waals surface area (Å²) in [5.74, 6) is 0. The van der Waals surface area contributed by atoms with Crippen LogP contribution in [0.1, 0.15) is 5.56 Å². The van der Waals surface area contributed by atoms with Crippen molar-refractivity contribution in [2.24, 2.45) is 0 Å². The largest absolute Gasteiger partial charge is 0.311 e. The summed E-state index contributed by atoms with van der Waals surface area (Å²) >= 11 is 0. The second-order valence-electron chi connectivity index (χ2n) is 2.57. The maximum atomic E-state index is 12.2. The average Bonchev–Trinajstić information content (AvgIpc) is 2.00. The van der Waals surface area contributed by atoms with Crippen molar-refractivity contribution in [3.63, 3.8) is 0 Å². The van der Waals surface area contributed by atoms with Gasteiger partial charge < -0.3 is 0 Å². The molecule has 0 saturated carbocycles. The molecule has 0 aromatic heterocycles. The first kappa shape index (κ1) is 11.0. The Labute approximate surface area is 76.3 Å². The van der Waals surface area contributed by atoms with Crippen LogP contribution in [0.5, 0.6) is 0 Å². The third-order valence-corrected chi connectivity index (χ3v) is 2.60. The Kier molecular flexibility index (Phi) is 1.78. The fraction of sp³-hybridized carbons (Fsp3) is 0. The highest BCUT2D eigenvalue weighted by Crippen LogP contribution is 3.02. The van der Waals surface area contributed by atoms with Gasteiger partial charge in [0.05, 0.1) is 0 Å². The van der Waals surface area contributed by atoms with E-state index in [-0.39, 0.29) is 6.07 Å².